The van der Waals surface area contributed by atoms with Crippen molar-refractivity contribution in [2.75, 3.05) is 13.2 Å². The van der Waals surface area contributed by atoms with Gasteiger partial charge in [-0.25, -0.2) is 4.68 Å². The van der Waals surface area contributed by atoms with Crippen molar-refractivity contribution in [2.24, 2.45) is 0 Å². The Kier molecular flexibility index (Phi) is 3.36. The van der Waals surface area contributed by atoms with E-state index in [4.69, 9.17) is 4.74 Å². The van der Waals surface area contributed by atoms with E-state index in [0.29, 0.717) is 19.4 Å². The highest BCUT2D eigenvalue weighted by atomic mass is 16.5. The molecule has 4 heteroatoms. The Bertz CT molecular complexity index is 528. The van der Waals surface area contributed by atoms with Gasteiger partial charge in [-0.3, -0.25) is 0 Å². The van der Waals surface area contributed by atoms with E-state index in [-0.39, 0.29) is 0 Å². The fraction of sp³-hybridized carbons (Fsp3) is 0.400. The van der Waals surface area contributed by atoms with E-state index in [1.54, 1.807) is 6.20 Å². The molecule has 0 spiro atoms. The van der Waals surface area contributed by atoms with E-state index >= 15 is 0 Å². The number of hydrogen-bond donors (Lipinski definition) is 1. The first-order valence-electron chi connectivity index (χ1n) is 6.70. The van der Waals surface area contributed by atoms with E-state index in [1.807, 2.05) is 41.1 Å². The van der Waals surface area contributed by atoms with Crippen molar-refractivity contribution in [1.29, 1.82) is 0 Å². The van der Waals surface area contributed by atoms with Gasteiger partial charge in [-0.1, -0.05) is 18.2 Å². The molecule has 1 N–H and O–H groups in total. The lowest BCUT2D eigenvalue weighted by Gasteiger charge is -2.26. The molecule has 0 aliphatic carbocycles. The summed E-state index contributed by atoms with van der Waals surface area (Å²) in [4.78, 5) is 0. The van der Waals surface area contributed by atoms with Crippen LogP contribution in [0.3, 0.4) is 0 Å². The summed E-state index contributed by atoms with van der Waals surface area (Å²) in [6, 6.07) is 11.8. The van der Waals surface area contributed by atoms with Crippen LogP contribution in [0.1, 0.15) is 25.0 Å². The molecule has 1 aromatic heterocycles. The molecular weight excluding hydrogens is 240 g/mol. The Hall–Kier alpha value is -1.65. The van der Waals surface area contributed by atoms with E-state index in [0.717, 1.165) is 24.4 Å². The molecule has 0 saturated carbocycles. The number of aromatic nitrogens is 2. The average molecular weight is 258 g/mol. The van der Waals surface area contributed by atoms with Crippen molar-refractivity contribution in [3.63, 3.8) is 0 Å². The Balaban J connectivity index is 1.99. The second kappa shape index (κ2) is 5.15. The smallest absolute Gasteiger partial charge is 0.109 e. The molecule has 1 aliphatic rings. The first kappa shape index (κ1) is 12.4. The molecule has 3 rings (SSSR count). The highest BCUT2D eigenvalue weighted by molar-refractivity contribution is 5.34. The largest absolute Gasteiger partial charge is 0.383 e. The van der Waals surface area contributed by atoms with Crippen molar-refractivity contribution in [3.05, 3.63) is 48.3 Å². The maximum absolute atomic E-state index is 10.9. The molecule has 0 bridgehead atoms. The molecule has 19 heavy (non-hydrogen) atoms. The van der Waals surface area contributed by atoms with Gasteiger partial charge in [0.1, 0.15) is 5.60 Å². The molecule has 1 fully saturated rings. The van der Waals surface area contributed by atoms with Crippen LogP contribution in [0.15, 0.2) is 42.6 Å². The van der Waals surface area contributed by atoms with Crippen molar-refractivity contribution < 1.29 is 9.84 Å². The van der Waals surface area contributed by atoms with Gasteiger partial charge in [0, 0.05) is 25.8 Å². The molecular formula is C15H18N2O2. The van der Waals surface area contributed by atoms with Crippen LogP contribution in [0.25, 0.3) is 5.69 Å². The average Bonchev–Trinajstić information content (AvgIpc) is 2.84. The first-order chi connectivity index (χ1) is 9.30. The molecule has 100 valence electrons. The van der Waals surface area contributed by atoms with Crippen LogP contribution < -0.4 is 0 Å². The van der Waals surface area contributed by atoms with Gasteiger partial charge in [-0.2, -0.15) is 5.10 Å². The number of ether oxygens (including phenoxy) is 1. The SMILES string of the molecule is OC1(c2ccnn2-c2ccccc2)CCCOCC1. The number of para-hydroxylation sites is 1. The number of benzene rings is 1. The van der Waals surface area contributed by atoms with Gasteiger partial charge in [0.05, 0.1) is 11.4 Å². The fourth-order valence-corrected chi connectivity index (χ4v) is 2.62. The Morgan fingerprint density at radius 2 is 1.95 bits per heavy atom. The molecule has 1 atom stereocenters. The van der Waals surface area contributed by atoms with Gasteiger partial charge in [-0.05, 0) is 31.0 Å². The Labute approximate surface area is 112 Å². The lowest BCUT2D eigenvalue weighted by Crippen LogP contribution is -2.29. The van der Waals surface area contributed by atoms with Crippen molar-refractivity contribution in [1.82, 2.24) is 9.78 Å². The third-order valence-electron chi connectivity index (χ3n) is 3.66. The molecule has 4 nitrogen and oxygen atoms in total. The normalized spacial score (nSPS) is 24.1. The van der Waals surface area contributed by atoms with E-state index in [1.165, 1.54) is 0 Å². The zero-order valence-electron chi connectivity index (χ0n) is 10.8. The molecule has 0 amide bonds. The van der Waals surface area contributed by atoms with Gasteiger partial charge < -0.3 is 9.84 Å². The quantitative estimate of drug-likeness (QED) is 0.898. The van der Waals surface area contributed by atoms with Crippen LogP contribution in [0, 0.1) is 0 Å². The molecule has 2 aromatic rings. The van der Waals surface area contributed by atoms with Gasteiger partial charge in [-0.15, -0.1) is 0 Å². The predicted octanol–water partition coefficient (Wildman–Crippen LogP) is 2.26. The third-order valence-corrected chi connectivity index (χ3v) is 3.66. The summed E-state index contributed by atoms with van der Waals surface area (Å²) < 4.78 is 7.27. The molecule has 2 heterocycles. The molecule has 1 unspecified atom stereocenters. The van der Waals surface area contributed by atoms with Gasteiger partial charge in [0.15, 0.2) is 0 Å². The second-order valence-electron chi connectivity index (χ2n) is 4.96. The van der Waals surface area contributed by atoms with Crippen LogP contribution in [0.4, 0.5) is 0 Å². The topological polar surface area (TPSA) is 47.3 Å². The van der Waals surface area contributed by atoms with Crippen molar-refractivity contribution in [2.45, 2.75) is 24.9 Å². The minimum absolute atomic E-state index is 0.594. The maximum Gasteiger partial charge on any atom is 0.109 e. The zero-order valence-corrected chi connectivity index (χ0v) is 10.8. The van der Waals surface area contributed by atoms with Crippen molar-refractivity contribution in [3.8, 4) is 5.69 Å². The summed E-state index contributed by atoms with van der Waals surface area (Å²) in [5.41, 5.74) is 0.980. The minimum Gasteiger partial charge on any atom is -0.383 e. The van der Waals surface area contributed by atoms with Crippen LogP contribution in [-0.2, 0) is 10.3 Å². The van der Waals surface area contributed by atoms with Crippen molar-refractivity contribution >= 4 is 0 Å². The summed E-state index contributed by atoms with van der Waals surface area (Å²) in [6.07, 6.45) is 3.94. The van der Waals surface area contributed by atoms with Crippen LogP contribution >= 0.6 is 0 Å². The second-order valence-corrected chi connectivity index (χ2v) is 4.96. The highest BCUT2D eigenvalue weighted by Gasteiger charge is 2.33. The lowest BCUT2D eigenvalue weighted by molar-refractivity contribution is 0.00828. The molecule has 1 aromatic carbocycles. The first-order valence-corrected chi connectivity index (χ1v) is 6.70. The summed E-state index contributed by atoms with van der Waals surface area (Å²) in [6.45, 7) is 1.32. The predicted molar refractivity (Wildman–Crippen MR) is 72.1 cm³/mol. The highest BCUT2D eigenvalue weighted by Crippen LogP contribution is 2.33. The lowest BCUT2D eigenvalue weighted by atomic mass is 9.91. The molecule has 1 saturated heterocycles. The summed E-state index contributed by atoms with van der Waals surface area (Å²) in [7, 11) is 0. The summed E-state index contributed by atoms with van der Waals surface area (Å²) in [5.74, 6) is 0. The van der Waals surface area contributed by atoms with Gasteiger partial charge in [0.2, 0.25) is 0 Å². The standard InChI is InChI=1S/C15H18N2O2/c18-15(8-4-11-19-12-9-15)14-7-10-16-17(14)13-5-2-1-3-6-13/h1-3,5-7,10,18H,4,8-9,11-12H2. The number of hydrogen-bond acceptors (Lipinski definition) is 3. The summed E-state index contributed by atoms with van der Waals surface area (Å²) >= 11 is 0. The van der Waals surface area contributed by atoms with Crippen LogP contribution in [0.2, 0.25) is 0 Å². The number of rotatable bonds is 2. The van der Waals surface area contributed by atoms with E-state index < -0.39 is 5.60 Å². The minimum atomic E-state index is -0.844. The van der Waals surface area contributed by atoms with E-state index in [9.17, 15) is 5.11 Å². The zero-order chi connectivity index (χ0) is 13.1. The fourth-order valence-electron chi connectivity index (χ4n) is 2.62. The Morgan fingerprint density at radius 3 is 2.79 bits per heavy atom. The number of nitrogens with zero attached hydrogens (tertiary/aromatic N) is 2. The summed E-state index contributed by atoms with van der Waals surface area (Å²) in [5, 5.41) is 15.3. The van der Waals surface area contributed by atoms with Crippen LogP contribution in [0.5, 0.6) is 0 Å². The van der Waals surface area contributed by atoms with Gasteiger partial charge in [0.25, 0.3) is 0 Å². The Morgan fingerprint density at radius 1 is 1.11 bits per heavy atom. The molecule has 1 aliphatic heterocycles. The number of aliphatic hydroxyl groups is 1. The monoisotopic (exact) mass is 258 g/mol. The van der Waals surface area contributed by atoms with Gasteiger partial charge >= 0.3 is 0 Å². The van der Waals surface area contributed by atoms with E-state index in [2.05, 4.69) is 5.10 Å². The maximum atomic E-state index is 10.9. The van der Waals surface area contributed by atoms with Crippen LogP contribution in [-0.4, -0.2) is 28.1 Å². The molecule has 0 radical (unpaired) electrons. The third kappa shape index (κ3) is 2.41.